The number of rotatable bonds is 6. The van der Waals surface area contributed by atoms with Crippen LogP contribution in [0, 0.1) is 0 Å². The van der Waals surface area contributed by atoms with E-state index in [0.717, 1.165) is 23.3 Å². The summed E-state index contributed by atoms with van der Waals surface area (Å²) in [6.07, 6.45) is 1.78. The second-order valence-electron chi connectivity index (χ2n) is 7.05. The van der Waals surface area contributed by atoms with Crippen molar-refractivity contribution < 1.29 is 23.9 Å². The molecule has 0 unspecified atom stereocenters. The molecule has 150 valence electrons. The molecule has 1 aromatic rings. The number of ether oxygens (including phenoxy) is 1. The van der Waals surface area contributed by atoms with Gasteiger partial charge >= 0.3 is 12.0 Å². The Labute approximate surface area is 167 Å². The lowest BCUT2D eigenvalue weighted by Crippen LogP contribution is -2.45. The largest absolute Gasteiger partial charge is 0.451 e. The Balaban J connectivity index is 1.50. The van der Waals surface area contributed by atoms with E-state index in [-0.39, 0.29) is 6.54 Å². The van der Waals surface area contributed by atoms with Crippen molar-refractivity contribution in [1.82, 2.24) is 15.5 Å². The monoisotopic (exact) mass is 407 g/mol. The molecule has 0 radical (unpaired) electrons. The Hall–Kier alpha value is -2.61. The van der Waals surface area contributed by atoms with Gasteiger partial charge in [-0.25, -0.2) is 4.79 Å². The quantitative estimate of drug-likeness (QED) is 0.552. The van der Waals surface area contributed by atoms with Crippen LogP contribution in [0.1, 0.15) is 38.2 Å². The number of halogens is 1. The molecule has 2 N–H and O–H groups in total. The number of nitrogens with one attached hydrogen (secondary N) is 2. The van der Waals surface area contributed by atoms with Crippen LogP contribution in [-0.4, -0.2) is 46.9 Å². The lowest BCUT2D eigenvalue weighted by molar-refractivity contribution is -0.156. The topological polar surface area (TPSA) is 105 Å². The van der Waals surface area contributed by atoms with E-state index in [1.165, 1.54) is 6.92 Å². The molecule has 1 spiro atoms. The molecule has 1 saturated carbocycles. The zero-order valence-corrected chi connectivity index (χ0v) is 16.3. The third-order valence-electron chi connectivity index (χ3n) is 5.08. The van der Waals surface area contributed by atoms with E-state index in [4.69, 9.17) is 16.3 Å². The molecule has 8 nitrogen and oxygen atoms in total. The molecule has 1 atom stereocenters. The third kappa shape index (κ3) is 4.11. The van der Waals surface area contributed by atoms with E-state index in [1.807, 2.05) is 0 Å². The van der Waals surface area contributed by atoms with Crippen molar-refractivity contribution in [3.05, 3.63) is 34.9 Å². The highest BCUT2D eigenvalue weighted by molar-refractivity contribution is 6.31. The molecule has 1 saturated heterocycles. The van der Waals surface area contributed by atoms with E-state index in [2.05, 4.69) is 10.6 Å². The molecule has 4 amide bonds. The van der Waals surface area contributed by atoms with E-state index in [1.54, 1.807) is 24.3 Å². The molecular formula is C19H22ClN3O5. The molecule has 9 heteroatoms. The minimum absolute atomic E-state index is 0.190. The van der Waals surface area contributed by atoms with Gasteiger partial charge in [-0.3, -0.25) is 19.3 Å². The summed E-state index contributed by atoms with van der Waals surface area (Å²) in [6.45, 7) is 1.09. The Morgan fingerprint density at radius 2 is 1.96 bits per heavy atom. The SMILES string of the molecule is C[C@H](OC(=O)CN1C(=O)NC2(CCCC2)C1=O)C(=O)NCc1ccccc1Cl. The Morgan fingerprint density at radius 1 is 1.29 bits per heavy atom. The van der Waals surface area contributed by atoms with Crippen LogP contribution in [0.15, 0.2) is 24.3 Å². The molecule has 1 aliphatic heterocycles. The molecular weight excluding hydrogens is 386 g/mol. The Bertz CT molecular complexity index is 807. The summed E-state index contributed by atoms with van der Waals surface area (Å²) >= 11 is 6.03. The Kier molecular flexibility index (Phi) is 5.88. The number of hydrogen-bond donors (Lipinski definition) is 2. The minimum Gasteiger partial charge on any atom is -0.451 e. The van der Waals surface area contributed by atoms with Crippen molar-refractivity contribution in [1.29, 1.82) is 0 Å². The predicted molar refractivity (Wildman–Crippen MR) is 100 cm³/mol. The van der Waals surface area contributed by atoms with E-state index >= 15 is 0 Å². The smallest absolute Gasteiger partial charge is 0.327 e. The van der Waals surface area contributed by atoms with Gasteiger partial charge in [0, 0.05) is 11.6 Å². The van der Waals surface area contributed by atoms with Crippen molar-refractivity contribution in [2.24, 2.45) is 0 Å². The first-order valence-electron chi connectivity index (χ1n) is 9.17. The predicted octanol–water partition coefficient (Wildman–Crippen LogP) is 1.75. The van der Waals surface area contributed by atoms with Gasteiger partial charge in [0.1, 0.15) is 12.1 Å². The molecule has 1 heterocycles. The highest BCUT2D eigenvalue weighted by atomic mass is 35.5. The first-order chi connectivity index (χ1) is 13.3. The van der Waals surface area contributed by atoms with Crippen LogP contribution in [-0.2, 0) is 25.7 Å². The summed E-state index contributed by atoms with van der Waals surface area (Å²) in [5.41, 5.74) is -0.146. The lowest BCUT2D eigenvalue weighted by atomic mass is 9.98. The van der Waals surface area contributed by atoms with E-state index < -0.39 is 42.0 Å². The fourth-order valence-corrected chi connectivity index (χ4v) is 3.72. The maximum Gasteiger partial charge on any atom is 0.327 e. The van der Waals surface area contributed by atoms with Gasteiger partial charge in [0.25, 0.3) is 11.8 Å². The van der Waals surface area contributed by atoms with Crippen molar-refractivity contribution in [2.75, 3.05) is 6.54 Å². The Morgan fingerprint density at radius 3 is 2.64 bits per heavy atom. The number of esters is 1. The molecule has 3 rings (SSSR count). The number of urea groups is 1. The van der Waals surface area contributed by atoms with Gasteiger partial charge in [0.05, 0.1) is 0 Å². The number of nitrogens with zero attached hydrogens (tertiary/aromatic N) is 1. The average molecular weight is 408 g/mol. The first-order valence-corrected chi connectivity index (χ1v) is 9.55. The van der Waals surface area contributed by atoms with Crippen LogP contribution in [0.2, 0.25) is 5.02 Å². The minimum atomic E-state index is -1.07. The summed E-state index contributed by atoms with van der Waals surface area (Å²) in [7, 11) is 0. The van der Waals surface area contributed by atoms with Crippen molar-refractivity contribution in [3.63, 3.8) is 0 Å². The maximum absolute atomic E-state index is 12.5. The lowest BCUT2D eigenvalue weighted by Gasteiger charge is -2.20. The number of imide groups is 1. The molecule has 1 aromatic carbocycles. The fourth-order valence-electron chi connectivity index (χ4n) is 3.52. The number of carbonyl (C=O) groups excluding carboxylic acids is 4. The van der Waals surface area contributed by atoms with Crippen LogP contribution in [0.3, 0.4) is 0 Å². The van der Waals surface area contributed by atoms with Gasteiger partial charge in [-0.2, -0.15) is 0 Å². The molecule has 0 aromatic heterocycles. The standard InChI is InChI=1S/C19H22ClN3O5/c1-12(16(25)21-10-13-6-2-3-7-14(13)20)28-15(24)11-23-17(26)19(22-18(23)27)8-4-5-9-19/h2-3,6-7,12H,4-5,8-11H2,1H3,(H,21,25)(H,22,27)/t12-/m0/s1. The van der Waals surface area contributed by atoms with Crippen LogP contribution in [0.25, 0.3) is 0 Å². The van der Waals surface area contributed by atoms with Gasteiger partial charge in [-0.05, 0) is 31.4 Å². The van der Waals surface area contributed by atoms with Crippen molar-refractivity contribution in [3.8, 4) is 0 Å². The summed E-state index contributed by atoms with van der Waals surface area (Å²) in [6, 6.07) is 6.47. The van der Waals surface area contributed by atoms with Crippen LogP contribution in [0.5, 0.6) is 0 Å². The van der Waals surface area contributed by atoms with E-state index in [9.17, 15) is 19.2 Å². The zero-order chi connectivity index (χ0) is 20.3. The second kappa shape index (κ2) is 8.18. The zero-order valence-electron chi connectivity index (χ0n) is 15.5. The van der Waals surface area contributed by atoms with Crippen LogP contribution in [0.4, 0.5) is 4.79 Å². The fraction of sp³-hybridized carbons (Fsp3) is 0.474. The number of benzene rings is 1. The maximum atomic E-state index is 12.5. The van der Waals surface area contributed by atoms with Gasteiger partial charge < -0.3 is 15.4 Å². The molecule has 1 aliphatic carbocycles. The van der Waals surface area contributed by atoms with Crippen LogP contribution >= 0.6 is 11.6 Å². The summed E-state index contributed by atoms with van der Waals surface area (Å²) in [4.78, 5) is 49.8. The van der Waals surface area contributed by atoms with Crippen LogP contribution < -0.4 is 10.6 Å². The van der Waals surface area contributed by atoms with Gasteiger partial charge in [0.2, 0.25) is 0 Å². The van der Waals surface area contributed by atoms with Crippen molar-refractivity contribution >= 4 is 35.4 Å². The molecule has 2 fully saturated rings. The van der Waals surface area contributed by atoms with E-state index in [0.29, 0.717) is 17.9 Å². The number of hydrogen-bond acceptors (Lipinski definition) is 5. The number of carbonyl (C=O) groups is 4. The average Bonchev–Trinajstić information content (AvgIpc) is 3.21. The van der Waals surface area contributed by atoms with Gasteiger partial charge in [-0.15, -0.1) is 0 Å². The highest BCUT2D eigenvalue weighted by Gasteiger charge is 2.52. The molecule has 0 bridgehead atoms. The van der Waals surface area contributed by atoms with Crippen molar-refractivity contribution in [2.45, 2.75) is 50.8 Å². The summed E-state index contributed by atoms with van der Waals surface area (Å²) in [5, 5.41) is 5.85. The molecule has 2 aliphatic rings. The molecule has 28 heavy (non-hydrogen) atoms. The highest BCUT2D eigenvalue weighted by Crippen LogP contribution is 2.34. The van der Waals surface area contributed by atoms with Gasteiger partial charge in [0.15, 0.2) is 6.10 Å². The summed E-state index contributed by atoms with van der Waals surface area (Å²) < 4.78 is 5.08. The normalized spacial score (nSPS) is 18.9. The second-order valence-corrected chi connectivity index (χ2v) is 7.46. The third-order valence-corrected chi connectivity index (χ3v) is 5.45. The first kappa shape index (κ1) is 20.1. The summed E-state index contributed by atoms with van der Waals surface area (Å²) in [5.74, 6) is -1.72. The van der Waals surface area contributed by atoms with Gasteiger partial charge in [-0.1, -0.05) is 42.6 Å². The number of amides is 4.